The van der Waals surface area contributed by atoms with E-state index < -0.39 is 23.7 Å². The summed E-state index contributed by atoms with van der Waals surface area (Å²) in [4.78, 5) is 39.0. The molecule has 1 fully saturated rings. The van der Waals surface area contributed by atoms with E-state index >= 15 is 0 Å². The number of para-hydroxylation sites is 1. The number of hydrogen-bond acceptors (Lipinski definition) is 8. The largest absolute Gasteiger partial charge is 0.462 e. The topological polar surface area (TPSA) is 127 Å². The van der Waals surface area contributed by atoms with Crippen LogP contribution in [-0.4, -0.2) is 58.5 Å². The second-order valence-electron chi connectivity index (χ2n) is 11.1. The van der Waals surface area contributed by atoms with E-state index in [9.17, 15) is 9.59 Å². The Bertz CT molecular complexity index is 1340. The number of alkyl carbamates (subject to hydrolysis) is 1. The van der Waals surface area contributed by atoms with E-state index in [2.05, 4.69) is 22.5 Å². The molecule has 1 aliphatic carbocycles. The minimum Gasteiger partial charge on any atom is -0.462 e. The van der Waals surface area contributed by atoms with Crippen molar-refractivity contribution >= 4 is 28.9 Å². The Labute approximate surface area is 235 Å². The van der Waals surface area contributed by atoms with E-state index in [0.717, 1.165) is 48.3 Å². The summed E-state index contributed by atoms with van der Waals surface area (Å²) in [5.41, 5.74) is 3.82. The highest BCUT2D eigenvalue weighted by molar-refractivity contribution is 5.96. The van der Waals surface area contributed by atoms with Crippen LogP contribution in [0.25, 0.3) is 22.3 Å². The van der Waals surface area contributed by atoms with Crippen molar-refractivity contribution in [2.75, 3.05) is 25.1 Å². The number of hydrogen-bond donors (Lipinski definition) is 3. The number of amides is 1. The number of aromatic amines is 1. The number of aryl methyl sites for hydroxylation is 1. The number of H-pyrrole nitrogens is 1. The van der Waals surface area contributed by atoms with Crippen LogP contribution in [0.4, 0.5) is 10.6 Å². The zero-order valence-electron chi connectivity index (χ0n) is 24.3. The maximum atomic E-state index is 13.1. The molecular formula is C30H41N5O5. The summed E-state index contributed by atoms with van der Waals surface area (Å²) in [6, 6.07) is 7.26. The van der Waals surface area contributed by atoms with Crippen molar-refractivity contribution in [2.24, 2.45) is 0 Å². The molecule has 3 N–H and O–H groups in total. The molecule has 1 atom stereocenters. The molecule has 0 aliphatic heterocycles. The number of benzene rings is 1. The van der Waals surface area contributed by atoms with Gasteiger partial charge in [-0.3, -0.25) is 0 Å². The van der Waals surface area contributed by atoms with Gasteiger partial charge in [-0.15, -0.1) is 0 Å². The second kappa shape index (κ2) is 12.7. The molecule has 0 saturated heterocycles. The van der Waals surface area contributed by atoms with Crippen LogP contribution in [0.5, 0.6) is 0 Å². The Balaban J connectivity index is 1.77. The minimum atomic E-state index is -0.686. The van der Waals surface area contributed by atoms with Gasteiger partial charge >= 0.3 is 12.1 Å². The second-order valence-corrected chi connectivity index (χ2v) is 11.1. The number of carbonyl (C=O) groups is 2. The van der Waals surface area contributed by atoms with Crippen LogP contribution in [0.1, 0.15) is 88.1 Å². The van der Waals surface area contributed by atoms with Gasteiger partial charge in [-0.2, -0.15) is 0 Å². The van der Waals surface area contributed by atoms with Crippen LogP contribution in [-0.2, 0) is 14.2 Å². The normalized spacial score (nSPS) is 14.2. The highest BCUT2D eigenvalue weighted by atomic mass is 16.6. The molecule has 2 heterocycles. The molecule has 1 saturated carbocycles. The van der Waals surface area contributed by atoms with Gasteiger partial charge in [0.05, 0.1) is 41.7 Å². The van der Waals surface area contributed by atoms with Crippen molar-refractivity contribution in [2.45, 2.75) is 84.9 Å². The lowest BCUT2D eigenvalue weighted by Gasteiger charge is -2.24. The molecule has 0 bridgehead atoms. The lowest BCUT2D eigenvalue weighted by Crippen LogP contribution is -2.37. The Morgan fingerprint density at radius 2 is 1.95 bits per heavy atom. The molecule has 216 valence electrons. The van der Waals surface area contributed by atoms with Gasteiger partial charge in [0.2, 0.25) is 0 Å². The van der Waals surface area contributed by atoms with E-state index in [4.69, 9.17) is 24.2 Å². The van der Waals surface area contributed by atoms with Gasteiger partial charge in [0.15, 0.2) is 0 Å². The first-order valence-corrected chi connectivity index (χ1v) is 14.1. The van der Waals surface area contributed by atoms with Gasteiger partial charge in [-0.1, -0.05) is 25.5 Å². The Hall–Kier alpha value is -3.66. The number of aromatic nitrogens is 3. The standard InChI is InChI=1S/C30H41N5O5/c1-7-9-15-38-17-24(34-29(37)40-30(4,5)6)26-21(28(36)39-8-2)16-23(33-26)20-11-10-12-22-25(20)35-27(18(3)31-22)32-19-13-14-19/h10-12,16,19,24,33H,7-9,13-15,17H2,1-6H3,(H,32,35)(H,34,37). The van der Waals surface area contributed by atoms with Crippen LogP contribution in [0.15, 0.2) is 24.3 Å². The summed E-state index contributed by atoms with van der Waals surface area (Å²) < 4.78 is 16.8. The number of unbranched alkanes of at least 4 members (excludes halogenated alkanes) is 1. The van der Waals surface area contributed by atoms with E-state index in [-0.39, 0.29) is 13.2 Å². The predicted octanol–water partition coefficient (Wildman–Crippen LogP) is 6.07. The maximum absolute atomic E-state index is 13.1. The van der Waals surface area contributed by atoms with Crippen molar-refractivity contribution in [3.63, 3.8) is 0 Å². The highest BCUT2D eigenvalue weighted by Crippen LogP contribution is 2.33. The fourth-order valence-corrected chi connectivity index (χ4v) is 4.30. The number of nitrogens with one attached hydrogen (secondary N) is 3. The Kier molecular flexibility index (Phi) is 9.29. The third-order valence-electron chi connectivity index (χ3n) is 6.39. The van der Waals surface area contributed by atoms with Gasteiger partial charge in [-0.05, 0) is 66.0 Å². The summed E-state index contributed by atoms with van der Waals surface area (Å²) in [6.07, 6.45) is 3.49. The van der Waals surface area contributed by atoms with Crippen molar-refractivity contribution in [1.82, 2.24) is 20.3 Å². The average molecular weight is 552 g/mol. The van der Waals surface area contributed by atoms with Crippen LogP contribution < -0.4 is 10.6 Å². The van der Waals surface area contributed by atoms with Crippen molar-refractivity contribution < 1.29 is 23.8 Å². The zero-order chi connectivity index (χ0) is 28.9. The number of ether oxygens (including phenoxy) is 3. The van der Waals surface area contributed by atoms with Gasteiger partial charge < -0.3 is 29.8 Å². The molecule has 1 unspecified atom stereocenters. The summed E-state index contributed by atoms with van der Waals surface area (Å²) in [6.45, 7) is 12.1. The summed E-state index contributed by atoms with van der Waals surface area (Å²) in [5.74, 6) is 0.261. The van der Waals surface area contributed by atoms with Crippen molar-refractivity contribution in [1.29, 1.82) is 0 Å². The fraction of sp³-hybridized carbons (Fsp3) is 0.533. The van der Waals surface area contributed by atoms with E-state index in [1.807, 2.05) is 25.1 Å². The van der Waals surface area contributed by atoms with Gasteiger partial charge in [0.25, 0.3) is 0 Å². The van der Waals surface area contributed by atoms with Crippen molar-refractivity contribution in [3.8, 4) is 11.3 Å². The van der Waals surface area contributed by atoms with Crippen LogP contribution in [0.2, 0.25) is 0 Å². The van der Waals surface area contributed by atoms with E-state index in [1.54, 1.807) is 33.8 Å². The smallest absolute Gasteiger partial charge is 0.408 e. The lowest BCUT2D eigenvalue weighted by atomic mass is 10.1. The molecule has 0 spiro atoms. The van der Waals surface area contributed by atoms with Crippen molar-refractivity contribution in [3.05, 3.63) is 41.2 Å². The molecular weight excluding hydrogens is 510 g/mol. The SMILES string of the molecule is CCCCOCC(NC(=O)OC(C)(C)C)c1[nH]c(-c2cccc3nc(C)c(NC4CC4)nc23)cc1C(=O)OCC. The van der Waals surface area contributed by atoms with Crippen LogP contribution >= 0.6 is 0 Å². The fourth-order valence-electron chi connectivity index (χ4n) is 4.30. The number of carbonyl (C=O) groups excluding carboxylic acids is 2. The van der Waals surface area contributed by atoms with Gasteiger partial charge in [-0.25, -0.2) is 19.6 Å². The summed E-state index contributed by atoms with van der Waals surface area (Å²) in [7, 11) is 0. The monoisotopic (exact) mass is 551 g/mol. The molecule has 1 aliphatic rings. The van der Waals surface area contributed by atoms with Crippen LogP contribution in [0, 0.1) is 6.92 Å². The molecule has 1 amide bonds. The predicted molar refractivity (Wildman–Crippen MR) is 155 cm³/mol. The number of esters is 1. The molecule has 10 nitrogen and oxygen atoms in total. The Morgan fingerprint density at radius 3 is 2.62 bits per heavy atom. The van der Waals surface area contributed by atoms with E-state index in [0.29, 0.717) is 35.1 Å². The highest BCUT2D eigenvalue weighted by Gasteiger charge is 2.28. The Morgan fingerprint density at radius 1 is 1.18 bits per heavy atom. The first-order valence-electron chi connectivity index (χ1n) is 14.1. The third-order valence-corrected chi connectivity index (χ3v) is 6.39. The first-order chi connectivity index (χ1) is 19.1. The molecule has 3 aromatic rings. The van der Waals surface area contributed by atoms with E-state index in [1.165, 1.54) is 0 Å². The number of anilines is 1. The number of nitrogens with zero attached hydrogens (tertiary/aromatic N) is 2. The van der Waals surface area contributed by atoms with Gasteiger partial charge in [0, 0.05) is 23.9 Å². The average Bonchev–Trinajstić information content (AvgIpc) is 3.59. The maximum Gasteiger partial charge on any atom is 0.408 e. The number of fused-ring (bicyclic) bond motifs is 1. The first kappa shape index (κ1) is 29.3. The molecule has 10 heteroatoms. The summed E-state index contributed by atoms with van der Waals surface area (Å²) in [5, 5.41) is 6.35. The van der Waals surface area contributed by atoms with Gasteiger partial charge in [0.1, 0.15) is 16.9 Å². The molecule has 4 rings (SSSR count). The molecule has 0 radical (unpaired) electrons. The zero-order valence-corrected chi connectivity index (χ0v) is 24.3. The van der Waals surface area contributed by atoms with Crippen LogP contribution in [0.3, 0.4) is 0 Å². The minimum absolute atomic E-state index is 0.148. The lowest BCUT2D eigenvalue weighted by molar-refractivity contribution is 0.0424. The molecule has 1 aromatic carbocycles. The molecule has 2 aromatic heterocycles. The quantitative estimate of drug-likeness (QED) is 0.183. The third kappa shape index (κ3) is 7.50. The number of rotatable bonds is 12. The summed E-state index contributed by atoms with van der Waals surface area (Å²) >= 11 is 0. The molecule has 40 heavy (non-hydrogen) atoms.